The van der Waals surface area contributed by atoms with Gasteiger partial charge >= 0.3 is 0 Å². The fraction of sp³-hybridized carbons (Fsp3) is 0.600. The summed E-state index contributed by atoms with van der Waals surface area (Å²) in [7, 11) is 1.77. The number of amides is 1. The molecule has 1 aliphatic heterocycles. The average molecular weight is 208 g/mol. The van der Waals surface area contributed by atoms with Crippen molar-refractivity contribution in [2.45, 2.75) is 18.9 Å². The molecule has 82 valence electrons. The predicted octanol–water partition coefficient (Wildman–Crippen LogP) is -0.0981. The summed E-state index contributed by atoms with van der Waals surface area (Å²) >= 11 is 0. The second-order valence-corrected chi connectivity index (χ2v) is 3.86. The van der Waals surface area contributed by atoms with Crippen LogP contribution in [0.1, 0.15) is 23.3 Å². The minimum absolute atomic E-state index is 0.0382. The van der Waals surface area contributed by atoms with E-state index in [1.165, 1.54) is 0 Å². The molecule has 5 nitrogen and oxygen atoms in total. The Morgan fingerprint density at radius 1 is 1.73 bits per heavy atom. The number of rotatable bonds is 2. The van der Waals surface area contributed by atoms with Gasteiger partial charge in [-0.1, -0.05) is 0 Å². The minimum atomic E-state index is -0.0382. The molecule has 0 aromatic carbocycles. The van der Waals surface area contributed by atoms with Gasteiger partial charge in [-0.25, -0.2) is 0 Å². The van der Waals surface area contributed by atoms with E-state index in [0.29, 0.717) is 5.69 Å². The first-order valence-electron chi connectivity index (χ1n) is 5.27. The Morgan fingerprint density at radius 2 is 2.60 bits per heavy atom. The molecule has 1 fully saturated rings. The molecule has 0 radical (unpaired) electrons. The molecule has 1 amide bonds. The largest absolute Gasteiger partial charge is 0.347 e. The lowest BCUT2D eigenvalue weighted by Gasteiger charge is -2.23. The van der Waals surface area contributed by atoms with Crippen LogP contribution in [0.3, 0.4) is 0 Å². The van der Waals surface area contributed by atoms with Crippen LogP contribution in [0.25, 0.3) is 0 Å². The number of carbonyl (C=O) groups excluding carboxylic acids is 1. The number of aromatic nitrogens is 2. The zero-order valence-corrected chi connectivity index (χ0v) is 8.86. The van der Waals surface area contributed by atoms with Gasteiger partial charge in [0.2, 0.25) is 0 Å². The molecule has 1 unspecified atom stereocenters. The van der Waals surface area contributed by atoms with Crippen LogP contribution in [0, 0.1) is 0 Å². The Balaban J connectivity index is 1.94. The lowest BCUT2D eigenvalue weighted by molar-refractivity contribution is 0.0921. The molecule has 15 heavy (non-hydrogen) atoms. The molecule has 5 heteroatoms. The number of hydrogen-bond acceptors (Lipinski definition) is 3. The molecule has 1 aromatic rings. The van der Waals surface area contributed by atoms with Crippen LogP contribution in [-0.2, 0) is 7.05 Å². The molecule has 1 aromatic heterocycles. The van der Waals surface area contributed by atoms with E-state index in [9.17, 15) is 4.79 Å². The number of nitrogens with zero attached hydrogens (tertiary/aromatic N) is 2. The van der Waals surface area contributed by atoms with E-state index in [4.69, 9.17) is 0 Å². The lowest BCUT2D eigenvalue weighted by Crippen LogP contribution is -2.46. The van der Waals surface area contributed by atoms with Gasteiger partial charge in [0.15, 0.2) is 0 Å². The fourth-order valence-corrected chi connectivity index (χ4v) is 1.83. The van der Waals surface area contributed by atoms with Crippen molar-refractivity contribution in [3.05, 3.63) is 18.0 Å². The smallest absolute Gasteiger partial charge is 0.269 e. The highest BCUT2D eigenvalue weighted by Crippen LogP contribution is 2.03. The van der Waals surface area contributed by atoms with Gasteiger partial charge in [0.05, 0.1) is 0 Å². The molecule has 2 heterocycles. The van der Waals surface area contributed by atoms with Crippen molar-refractivity contribution in [2.24, 2.45) is 7.05 Å². The Labute approximate surface area is 88.8 Å². The van der Waals surface area contributed by atoms with E-state index >= 15 is 0 Å². The molecular formula is C10H16N4O. The second kappa shape index (κ2) is 4.44. The maximum Gasteiger partial charge on any atom is 0.269 e. The molecule has 1 atom stereocenters. The van der Waals surface area contributed by atoms with Crippen LogP contribution < -0.4 is 10.6 Å². The second-order valence-electron chi connectivity index (χ2n) is 3.86. The van der Waals surface area contributed by atoms with Crippen molar-refractivity contribution in [1.82, 2.24) is 20.4 Å². The summed E-state index contributed by atoms with van der Waals surface area (Å²) in [4.78, 5) is 11.8. The van der Waals surface area contributed by atoms with Crippen LogP contribution in [0.2, 0.25) is 0 Å². The van der Waals surface area contributed by atoms with E-state index in [1.54, 1.807) is 24.0 Å². The SMILES string of the molecule is Cn1nccc1C(=O)NC1CCCNC1. The molecule has 0 bridgehead atoms. The summed E-state index contributed by atoms with van der Waals surface area (Å²) in [5.74, 6) is -0.0382. The van der Waals surface area contributed by atoms with Crippen LogP contribution in [-0.4, -0.2) is 34.8 Å². The summed E-state index contributed by atoms with van der Waals surface area (Å²) in [6.07, 6.45) is 3.81. The van der Waals surface area contributed by atoms with Gasteiger partial charge in [-0.05, 0) is 25.5 Å². The maximum atomic E-state index is 11.8. The molecular weight excluding hydrogens is 192 g/mol. The molecule has 0 saturated carbocycles. The fourth-order valence-electron chi connectivity index (χ4n) is 1.83. The Bertz CT molecular complexity index is 341. The van der Waals surface area contributed by atoms with E-state index in [-0.39, 0.29) is 11.9 Å². The third kappa shape index (κ3) is 2.36. The summed E-state index contributed by atoms with van der Waals surface area (Å²) in [5, 5.41) is 10.2. The van der Waals surface area contributed by atoms with Crippen molar-refractivity contribution in [2.75, 3.05) is 13.1 Å². The lowest BCUT2D eigenvalue weighted by atomic mass is 10.1. The van der Waals surface area contributed by atoms with Gasteiger partial charge in [0.25, 0.3) is 5.91 Å². The molecule has 1 saturated heterocycles. The van der Waals surface area contributed by atoms with Gasteiger partial charge in [0.1, 0.15) is 5.69 Å². The predicted molar refractivity (Wildman–Crippen MR) is 56.6 cm³/mol. The normalized spacial score (nSPS) is 21.3. The number of piperidine rings is 1. The summed E-state index contributed by atoms with van der Waals surface area (Å²) in [6, 6.07) is 1.98. The van der Waals surface area contributed by atoms with Crippen molar-refractivity contribution in [3.8, 4) is 0 Å². The first-order chi connectivity index (χ1) is 7.27. The van der Waals surface area contributed by atoms with Crippen molar-refractivity contribution >= 4 is 5.91 Å². The molecule has 2 rings (SSSR count). The molecule has 0 aliphatic carbocycles. The van der Waals surface area contributed by atoms with Crippen LogP contribution in [0.5, 0.6) is 0 Å². The van der Waals surface area contributed by atoms with Crippen molar-refractivity contribution in [3.63, 3.8) is 0 Å². The highest BCUT2D eigenvalue weighted by Gasteiger charge is 2.17. The average Bonchev–Trinajstić information content (AvgIpc) is 2.66. The van der Waals surface area contributed by atoms with E-state index in [0.717, 1.165) is 25.9 Å². The summed E-state index contributed by atoms with van der Waals surface area (Å²) < 4.78 is 1.59. The minimum Gasteiger partial charge on any atom is -0.347 e. The standard InChI is InChI=1S/C10H16N4O/c1-14-9(4-6-12-14)10(15)13-8-3-2-5-11-7-8/h4,6,8,11H,2-3,5,7H2,1H3,(H,13,15). The van der Waals surface area contributed by atoms with Gasteiger partial charge in [-0.3, -0.25) is 9.48 Å². The van der Waals surface area contributed by atoms with Gasteiger partial charge < -0.3 is 10.6 Å². The van der Waals surface area contributed by atoms with E-state index in [2.05, 4.69) is 15.7 Å². The Morgan fingerprint density at radius 3 is 3.20 bits per heavy atom. The summed E-state index contributed by atoms with van der Waals surface area (Å²) in [6.45, 7) is 1.92. The van der Waals surface area contributed by atoms with Crippen molar-refractivity contribution < 1.29 is 4.79 Å². The van der Waals surface area contributed by atoms with Gasteiger partial charge in [0, 0.05) is 25.8 Å². The van der Waals surface area contributed by atoms with Gasteiger partial charge in [-0.15, -0.1) is 0 Å². The highest BCUT2D eigenvalue weighted by molar-refractivity contribution is 5.92. The topological polar surface area (TPSA) is 59.0 Å². The monoisotopic (exact) mass is 208 g/mol. The molecule has 1 aliphatic rings. The third-order valence-electron chi connectivity index (χ3n) is 2.69. The van der Waals surface area contributed by atoms with Crippen LogP contribution in [0.15, 0.2) is 12.3 Å². The van der Waals surface area contributed by atoms with E-state index < -0.39 is 0 Å². The maximum absolute atomic E-state index is 11.8. The third-order valence-corrected chi connectivity index (χ3v) is 2.69. The first kappa shape index (κ1) is 10.2. The van der Waals surface area contributed by atoms with Crippen molar-refractivity contribution in [1.29, 1.82) is 0 Å². The molecule has 0 spiro atoms. The van der Waals surface area contributed by atoms with E-state index in [1.807, 2.05) is 0 Å². The zero-order valence-electron chi connectivity index (χ0n) is 8.86. The molecule has 2 N–H and O–H groups in total. The Hall–Kier alpha value is -1.36. The first-order valence-corrected chi connectivity index (χ1v) is 5.27. The van der Waals surface area contributed by atoms with Crippen LogP contribution in [0.4, 0.5) is 0 Å². The highest BCUT2D eigenvalue weighted by atomic mass is 16.2. The Kier molecular flexibility index (Phi) is 3.01. The zero-order chi connectivity index (χ0) is 10.7. The number of carbonyl (C=O) groups is 1. The van der Waals surface area contributed by atoms with Crippen LogP contribution >= 0.6 is 0 Å². The quantitative estimate of drug-likeness (QED) is 0.713. The number of aryl methyl sites for hydroxylation is 1. The number of nitrogens with one attached hydrogen (secondary N) is 2. The summed E-state index contributed by atoms with van der Waals surface area (Å²) in [5.41, 5.74) is 0.612. The number of hydrogen-bond donors (Lipinski definition) is 2. The van der Waals surface area contributed by atoms with Gasteiger partial charge in [-0.2, -0.15) is 5.10 Å².